The largest absolute Gasteiger partial charge is 0.493 e. The number of nitrogens with zero attached hydrogens (tertiary/aromatic N) is 1. The highest BCUT2D eigenvalue weighted by Crippen LogP contribution is 2.36. The summed E-state index contributed by atoms with van der Waals surface area (Å²) in [5, 5.41) is 8.08. The molecule has 1 heterocycles. The molecule has 1 aliphatic carbocycles. The fraction of sp³-hybridized carbons (Fsp3) is 0.400. The average molecular weight is 569 g/mol. The molecule has 9 nitrogen and oxygen atoms in total. The molecule has 1 aromatic heterocycles. The Bertz CT molecular complexity index is 1340. The Hall–Kier alpha value is -3.63. The number of rotatable bonds is 14. The van der Waals surface area contributed by atoms with Gasteiger partial charge in [0.1, 0.15) is 18.0 Å². The lowest BCUT2D eigenvalue weighted by molar-refractivity contribution is -0.129. The maximum atomic E-state index is 13.7. The van der Waals surface area contributed by atoms with Crippen molar-refractivity contribution in [3.05, 3.63) is 78.6 Å². The highest BCUT2D eigenvalue weighted by Gasteiger charge is 2.32. The van der Waals surface area contributed by atoms with Gasteiger partial charge >= 0.3 is 0 Å². The standard InChI is InChI=1S/C30H36N2O7S/c1-37-28-14-13-27(20-29(28)39-25-12-11-24(19-25)38-23-15-17-31-18-16-23)40(35,36)26(21-30(33)32-34)10-6-5-9-22-7-3-2-4-8-22/h2-4,7-8,13-18,20,24-26,34H,5-6,9-12,19,21H2,1H3,(H,32,33). The maximum Gasteiger partial charge on any atom is 0.244 e. The van der Waals surface area contributed by atoms with Crippen LogP contribution in [0.4, 0.5) is 0 Å². The van der Waals surface area contributed by atoms with Crippen LogP contribution in [-0.2, 0) is 21.1 Å². The summed E-state index contributed by atoms with van der Waals surface area (Å²) in [5.41, 5.74) is 2.74. The Morgan fingerprint density at radius 2 is 1.73 bits per heavy atom. The highest BCUT2D eigenvalue weighted by atomic mass is 32.2. The third-order valence-corrected chi connectivity index (χ3v) is 9.30. The number of aromatic nitrogens is 1. The third-order valence-electron chi connectivity index (χ3n) is 7.11. The van der Waals surface area contributed by atoms with E-state index in [1.807, 2.05) is 30.3 Å². The van der Waals surface area contributed by atoms with Gasteiger partial charge in [0.05, 0.1) is 17.3 Å². The fourth-order valence-corrected chi connectivity index (χ4v) is 6.75. The molecule has 1 amide bonds. The van der Waals surface area contributed by atoms with E-state index in [4.69, 9.17) is 19.4 Å². The van der Waals surface area contributed by atoms with E-state index in [1.54, 1.807) is 36.1 Å². The summed E-state index contributed by atoms with van der Waals surface area (Å²) in [6, 6.07) is 18.1. The van der Waals surface area contributed by atoms with Gasteiger partial charge in [0.25, 0.3) is 0 Å². The molecule has 2 aromatic carbocycles. The average Bonchev–Trinajstić information content (AvgIpc) is 3.41. The zero-order valence-corrected chi connectivity index (χ0v) is 23.4. The minimum atomic E-state index is -3.92. The normalized spacial score (nSPS) is 17.6. The van der Waals surface area contributed by atoms with Crippen molar-refractivity contribution in [3.63, 3.8) is 0 Å². The van der Waals surface area contributed by atoms with E-state index in [9.17, 15) is 13.2 Å². The zero-order chi connectivity index (χ0) is 28.4. The molecular weight excluding hydrogens is 532 g/mol. The van der Waals surface area contributed by atoms with Crippen molar-refractivity contribution in [3.8, 4) is 17.2 Å². The van der Waals surface area contributed by atoms with Gasteiger partial charge in [-0.2, -0.15) is 0 Å². The van der Waals surface area contributed by atoms with E-state index >= 15 is 0 Å². The maximum absolute atomic E-state index is 13.7. The second kappa shape index (κ2) is 14.1. The SMILES string of the molecule is COc1ccc(S(=O)(=O)C(CCCCc2ccccc2)CC(=O)NO)cc1OC1CCC(Oc2ccncc2)C1. The second-order valence-corrected chi connectivity index (χ2v) is 12.2. The predicted molar refractivity (Wildman–Crippen MR) is 149 cm³/mol. The van der Waals surface area contributed by atoms with E-state index in [-0.39, 0.29) is 29.9 Å². The van der Waals surface area contributed by atoms with Crippen molar-refractivity contribution in [2.75, 3.05) is 7.11 Å². The molecule has 3 unspecified atom stereocenters. The number of hydrogen-bond acceptors (Lipinski definition) is 8. The minimum absolute atomic E-state index is 0.0254. The number of pyridine rings is 1. The third kappa shape index (κ3) is 7.95. The van der Waals surface area contributed by atoms with Gasteiger partial charge in [0, 0.05) is 31.3 Å². The second-order valence-electron chi connectivity index (χ2n) is 9.93. The highest BCUT2D eigenvalue weighted by molar-refractivity contribution is 7.92. The molecular formula is C30H36N2O7S. The number of ether oxygens (including phenoxy) is 3. The molecule has 0 spiro atoms. The van der Waals surface area contributed by atoms with E-state index in [0.29, 0.717) is 24.3 Å². The van der Waals surface area contributed by atoms with E-state index in [0.717, 1.165) is 31.4 Å². The van der Waals surface area contributed by atoms with Crippen molar-refractivity contribution >= 4 is 15.7 Å². The van der Waals surface area contributed by atoms with Crippen LogP contribution in [0.15, 0.2) is 78.0 Å². The van der Waals surface area contributed by atoms with Crippen molar-refractivity contribution in [1.82, 2.24) is 10.5 Å². The summed E-state index contributed by atoms with van der Waals surface area (Å²) < 4.78 is 45.1. The predicted octanol–water partition coefficient (Wildman–Crippen LogP) is 4.92. The van der Waals surface area contributed by atoms with Gasteiger partial charge in [-0.1, -0.05) is 36.8 Å². The van der Waals surface area contributed by atoms with Crippen LogP contribution < -0.4 is 19.7 Å². The van der Waals surface area contributed by atoms with Gasteiger partial charge in [-0.15, -0.1) is 0 Å². The molecule has 214 valence electrons. The van der Waals surface area contributed by atoms with Crippen LogP contribution >= 0.6 is 0 Å². The van der Waals surface area contributed by atoms with Gasteiger partial charge < -0.3 is 14.2 Å². The molecule has 0 bridgehead atoms. The van der Waals surface area contributed by atoms with Crippen molar-refractivity contribution in [2.24, 2.45) is 0 Å². The summed E-state index contributed by atoms with van der Waals surface area (Å²) in [6.45, 7) is 0. The summed E-state index contributed by atoms with van der Waals surface area (Å²) in [4.78, 5) is 16.1. The van der Waals surface area contributed by atoms with Crippen molar-refractivity contribution in [2.45, 2.75) is 73.7 Å². The first kappa shape index (κ1) is 29.4. The Balaban J connectivity index is 1.44. The quantitative estimate of drug-likeness (QED) is 0.160. The number of nitrogens with one attached hydrogen (secondary N) is 1. The van der Waals surface area contributed by atoms with Crippen molar-refractivity contribution in [1.29, 1.82) is 0 Å². The molecule has 0 aliphatic heterocycles. The molecule has 4 rings (SSSR count). The molecule has 0 radical (unpaired) electrons. The summed E-state index contributed by atoms with van der Waals surface area (Å²) in [5.74, 6) is 0.749. The number of sulfone groups is 1. The van der Waals surface area contributed by atoms with Crippen LogP contribution in [0.2, 0.25) is 0 Å². The molecule has 1 saturated carbocycles. The molecule has 3 atom stereocenters. The zero-order valence-electron chi connectivity index (χ0n) is 22.6. The number of carbonyl (C=O) groups is 1. The number of methoxy groups -OCH3 is 1. The number of aryl methyl sites for hydroxylation is 1. The first-order valence-corrected chi connectivity index (χ1v) is 15.1. The van der Waals surface area contributed by atoms with Crippen LogP contribution in [0.5, 0.6) is 17.2 Å². The molecule has 0 saturated heterocycles. The van der Waals surface area contributed by atoms with E-state index < -0.39 is 21.0 Å². The van der Waals surface area contributed by atoms with Gasteiger partial charge in [0.2, 0.25) is 5.91 Å². The number of amides is 1. The lowest BCUT2D eigenvalue weighted by Crippen LogP contribution is -2.30. The topological polar surface area (TPSA) is 124 Å². The summed E-state index contributed by atoms with van der Waals surface area (Å²) in [6.07, 6.45) is 7.48. The van der Waals surface area contributed by atoms with Gasteiger partial charge in [-0.3, -0.25) is 15.0 Å². The van der Waals surface area contributed by atoms with Gasteiger partial charge in [-0.05, 0) is 61.9 Å². The number of benzene rings is 2. The number of carbonyl (C=O) groups excluding carboxylic acids is 1. The molecule has 1 aliphatic rings. The summed E-state index contributed by atoms with van der Waals surface area (Å²) in [7, 11) is -2.42. The van der Waals surface area contributed by atoms with Crippen LogP contribution in [0, 0.1) is 0 Å². The molecule has 2 N–H and O–H groups in total. The molecule has 1 fully saturated rings. The monoisotopic (exact) mass is 568 g/mol. The van der Waals surface area contributed by atoms with Crippen LogP contribution in [0.25, 0.3) is 0 Å². The Labute approximate surface area is 235 Å². The Morgan fingerprint density at radius 1 is 1.00 bits per heavy atom. The van der Waals surface area contributed by atoms with Crippen LogP contribution in [-0.4, -0.2) is 49.1 Å². The first-order chi connectivity index (χ1) is 19.4. The van der Waals surface area contributed by atoms with E-state index in [2.05, 4.69) is 4.98 Å². The lowest BCUT2D eigenvalue weighted by atomic mass is 10.1. The lowest BCUT2D eigenvalue weighted by Gasteiger charge is -2.20. The van der Waals surface area contributed by atoms with Gasteiger partial charge in [-0.25, -0.2) is 13.9 Å². The molecule has 40 heavy (non-hydrogen) atoms. The van der Waals surface area contributed by atoms with Crippen LogP contribution in [0.1, 0.15) is 50.5 Å². The first-order valence-electron chi connectivity index (χ1n) is 13.5. The van der Waals surface area contributed by atoms with Gasteiger partial charge in [0.15, 0.2) is 21.3 Å². The molecule has 3 aromatic rings. The van der Waals surface area contributed by atoms with Crippen LogP contribution in [0.3, 0.4) is 0 Å². The smallest absolute Gasteiger partial charge is 0.244 e. The molecule has 10 heteroatoms. The number of hydrogen-bond donors (Lipinski definition) is 2. The summed E-state index contributed by atoms with van der Waals surface area (Å²) >= 11 is 0. The van der Waals surface area contributed by atoms with E-state index in [1.165, 1.54) is 24.8 Å². The number of unbranched alkanes of at least 4 members (excludes halogenated alkanes) is 1. The Morgan fingerprint density at radius 3 is 2.42 bits per heavy atom. The van der Waals surface area contributed by atoms with Crippen molar-refractivity contribution < 1.29 is 32.6 Å². The number of hydroxylamine groups is 1. The Kier molecular flexibility index (Phi) is 10.4. The minimum Gasteiger partial charge on any atom is -0.493 e. The fourth-order valence-electron chi connectivity index (χ4n) is 4.99.